The summed E-state index contributed by atoms with van der Waals surface area (Å²) in [6, 6.07) is 18.6. The van der Waals surface area contributed by atoms with Gasteiger partial charge in [0.1, 0.15) is 4.75 Å². The smallest absolute Gasteiger partial charge is 0.271 e. The van der Waals surface area contributed by atoms with Gasteiger partial charge in [-0.1, -0.05) is 60.7 Å². The third kappa shape index (κ3) is 3.94. The summed E-state index contributed by atoms with van der Waals surface area (Å²) in [4.78, 5) is 0. The van der Waals surface area contributed by atoms with E-state index < -0.39 is 14.9 Å². The predicted molar refractivity (Wildman–Crippen MR) is 88.2 cm³/mol. The van der Waals surface area contributed by atoms with Gasteiger partial charge in [0, 0.05) is 0 Å². The first-order chi connectivity index (χ1) is 10.5. The molecule has 0 aliphatic carbocycles. The van der Waals surface area contributed by atoms with Crippen LogP contribution in [-0.2, 0) is 23.0 Å². The highest BCUT2D eigenvalue weighted by Crippen LogP contribution is 2.30. The van der Waals surface area contributed by atoms with Crippen LogP contribution in [0, 0.1) is 0 Å². The zero-order valence-corrected chi connectivity index (χ0v) is 13.2. The lowest BCUT2D eigenvalue weighted by molar-refractivity contribution is 0.402. The maximum Gasteiger partial charge on any atom is 0.271 e. The van der Waals surface area contributed by atoms with E-state index in [0.717, 1.165) is 11.1 Å². The molecule has 2 rings (SSSR count). The lowest BCUT2D eigenvalue weighted by Gasteiger charge is -2.30. The van der Waals surface area contributed by atoms with Gasteiger partial charge in [-0.2, -0.15) is 8.42 Å². The molecule has 0 aliphatic rings. The number of nitrogens with two attached hydrogens (primary N) is 1. The molecule has 0 aliphatic heterocycles. The SMILES string of the molecule is NCCC(Cc1ccccc1)(Cc1ccccc1)S(=O)(=O)O. The van der Waals surface area contributed by atoms with Gasteiger partial charge in [0.2, 0.25) is 0 Å². The Bertz CT molecular complexity index is 643. The summed E-state index contributed by atoms with van der Waals surface area (Å²) in [6.45, 7) is 0.194. The van der Waals surface area contributed by atoms with Crippen LogP contribution >= 0.6 is 0 Å². The van der Waals surface area contributed by atoms with Gasteiger partial charge in [0.25, 0.3) is 10.1 Å². The Balaban J connectivity index is 2.42. The van der Waals surface area contributed by atoms with Crippen molar-refractivity contribution in [2.75, 3.05) is 6.54 Å². The second-order valence-corrected chi connectivity index (χ2v) is 7.34. The number of benzene rings is 2. The van der Waals surface area contributed by atoms with Crippen molar-refractivity contribution in [3.8, 4) is 0 Å². The molecule has 4 nitrogen and oxygen atoms in total. The summed E-state index contributed by atoms with van der Waals surface area (Å²) >= 11 is 0. The zero-order valence-electron chi connectivity index (χ0n) is 12.4. The molecular weight excluding hydrogens is 298 g/mol. The molecule has 2 aromatic rings. The van der Waals surface area contributed by atoms with Crippen molar-refractivity contribution < 1.29 is 13.0 Å². The number of hydrogen-bond donors (Lipinski definition) is 2. The van der Waals surface area contributed by atoms with Crippen molar-refractivity contribution in [1.29, 1.82) is 0 Å². The molecule has 0 spiro atoms. The molecule has 0 unspecified atom stereocenters. The van der Waals surface area contributed by atoms with E-state index in [1.807, 2.05) is 60.7 Å². The van der Waals surface area contributed by atoms with Gasteiger partial charge in [-0.25, -0.2) is 0 Å². The average Bonchev–Trinajstić information content (AvgIpc) is 2.48. The van der Waals surface area contributed by atoms with E-state index in [0.29, 0.717) is 0 Å². The molecule has 0 amide bonds. The van der Waals surface area contributed by atoms with Crippen LogP contribution in [0.4, 0.5) is 0 Å². The van der Waals surface area contributed by atoms with Crippen LogP contribution in [0.15, 0.2) is 60.7 Å². The molecule has 0 atom stereocenters. The Morgan fingerprint density at radius 1 is 0.864 bits per heavy atom. The van der Waals surface area contributed by atoms with Gasteiger partial charge < -0.3 is 5.73 Å². The molecule has 0 aromatic heterocycles. The van der Waals surface area contributed by atoms with E-state index in [1.54, 1.807) is 0 Å². The Kier molecular flexibility index (Phi) is 5.34. The fourth-order valence-corrected chi connectivity index (χ4v) is 3.82. The van der Waals surface area contributed by atoms with Crippen LogP contribution in [0.1, 0.15) is 17.5 Å². The van der Waals surface area contributed by atoms with E-state index in [9.17, 15) is 13.0 Å². The summed E-state index contributed by atoms with van der Waals surface area (Å²) in [7, 11) is -4.27. The van der Waals surface area contributed by atoms with E-state index in [4.69, 9.17) is 5.73 Å². The third-order valence-corrected chi connectivity index (χ3v) is 5.47. The molecule has 0 heterocycles. The van der Waals surface area contributed by atoms with Gasteiger partial charge in [0.15, 0.2) is 0 Å². The highest BCUT2D eigenvalue weighted by molar-refractivity contribution is 7.87. The first kappa shape index (κ1) is 16.7. The van der Waals surface area contributed by atoms with E-state index in [1.165, 1.54) is 0 Å². The fourth-order valence-electron chi connectivity index (χ4n) is 2.75. The largest absolute Gasteiger partial charge is 0.330 e. The van der Waals surface area contributed by atoms with Crippen molar-refractivity contribution in [3.05, 3.63) is 71.8 Å². The van der Waals surface area contributed by atoms with Crippen LogP contribution in [0.5, 0.6) is 0 Å². The second-order valence-electron chi connectivity index (χ2n) is 5.52. The Morgan fingerprint density at radius 2 is 1.27 bits per heavy atom. The molecule has 0 bridgehead atoms. The first-order valence-corrected chi connectivity index (χ1v) is 8.66. The quantitative estimate of drug-likeness (QED) is 0.768. The standard InChI is InChI=1S/C17H21NO3S/c18-12-11-17(22(19,20)21,13-15-7-3-1-4-8-15)14-16-9-5-2-6-10-16/h1-10H,11-14,18H2,(H,19,20,21). The summed E-state index contributed by atoms with van der Waals surface area (Å²) < 4.78 is 32.9. The number of rotatable bonds is 7. The zero-order chi connectivity index (χ0) is 16.1. The highest BCUT2D eigenvalue weighted by atomic mass is 32.2. The van der Waals surface area contributed by atoms with Gasteiger partial charge in [0.05, 0.1) is 0 Å². The fraction of sp³-hybridized carbons (Fsp3) is 0.294. The summed E-state index contributed by atoms with van der Waals surface area (Å²) in [6.07, 6.45) is 0.674. The van der Waals surface area contributed by atoms with Crippen molar-refractivity contribution in [3.63, 3.8) is 0 Å². The van der Waals surface area contributed by atoms with Crippen LogP contribution in [-0.4, -0.2) is 24.3 Å². The molecule has 22 heavy (non-hydrogen) atoms. The molecular formula is C17H21NO3S. The first-order valence-electron chi connectivity index (χ1n) is 7.22. The minimum atomic E-state index is -4.27. The van der Waals surface area contributed by atoms with E-state index in [2.05, 4.69) is 0 Å². The Hall–Kier alpha value is -1.69. The van der Waals surface area contributed by atoms with Crippen molar-refractivity contribution in [1.82, 2.24) is 0 Å². The van der Waals surface area contributed by atoms with Crippen LogP contribution in [0.3, 0.4) is 0 Å². The van der Waals surface area contributed by atoms with Crippen molar-refractivity contribution in [2.24, 2.45) is 5.73 Å². The molecule has 0 fully saturated rings. The minimum Gasteiger partial charge on any atom is -0.330 e. The topological polar surface area (TPSA) is 80.4 Å². The molecule has 5 heteroatoms. The third-order valence-electron chi connectivity index (χ3n) is 3.89. The molecule has 2 aromatic carbocycles. The normalized spacial score (nSPS) is 12.3. The molecule has 0 radical (unpaired) electrons. The van der Waals surface area contributed by atoms with Gasteiger partial charge in [-0.3, -0.25) is 4.55 Å². The number of hydrogen-bond acceptors (Lipinski definition) is 3. The maximum absolute atomic E-state index is 12.2. The summed E-state index contributed by atoms with van der Waals surface area (Å²) in [5, 5.41) is 0. The lowest BCUT2D eigenvalue weighted by atomic mass is 9.89. The second kappa shape index (κ2) is 7.05. The summed E-state index contributed by atoms with van der Waals surface area (Å²) in [5.74, 6) is 0. The lowest BCUT2D eigenvalue weighted by Crippen LogP contribution is -2.44. The maximum atomic E-state index is 12.2. The predicted octanol–water partition coefficient (Wildman–Crippen LogP) is 2.45. The van der Waals surface area contributed by atoms with Crippen LogP contribution in [0.2, 0.25) is 0 Å². The van der Waals surface area contributed by atoms with Crippen molar-refractivity contribution >= 4 is 10.1 Å². The minimum absolute atomic E-state index is 0.194. The van der Waals surface area contributed by atoms with E-state index in [-0.39, 0.29) is 25.8 Å². The van der Waals surface area contributed by atoms with Crippen LogP contribution in [0.25, 0.3) is 0 Å². The van der Waals surface area contributed by atoms with E-state index >= 15 is 0 Å². The monoisotopic (exact) mass is 319 g/mol. The Morgan fingerprint density at radius 3 is 1.59 bits per heavy atom. The summed E-state index contributed by atoms with van der Waals surface area (Å²) in [5.41, 5.74) is 7.37. The van der Waals surface area contributed by atoms with Gasteiger partial charge >= 0.3 is 0 Å². The molecule has 3 N–H and O–H groups in total. The molecule has 0 saturated heterocycles. The van der Waals surface area contributed by atoms with Gasteiger partial charge in [-0.05, 0) is 36.9 Å². The van der Waals surface area contributed by atoms with Gasteiger partial charge in [-0.15, -0.1) is 0 Å². The highest BCUT2D eigenvalue weighted by Gasteiger charge is 2.42. The van der Waals surface area contributed by atoms with Crippen molar-refractivity contribution in [2.45, 2.75) is 24.0 Å². The average molecular weight is 319 g/mol. The molecule has 0 saturated carbocycles. The van der Waals surface area contributed by atoms with Crippen LogP contribution < -0.4 is 5.73 Å². The molecule has 118 valence electrons. The Labute approximate surface area is 131 Å².